The minimum absolute atomic E-state index is 0.0282. The van der Waals surface area contributed by atoms with Gasteiger partial charge in [-0.2, -0.15) is 0 Å². The third kappa shape index (κ3) is 5.44. The molecule has 0 radical (unpaired) electrons. The number of piperidine rings is 1. The lowest BCUT2D eigenvalue weighted by atomic mass is 10.2. The molecule has 1 fully saturated rings. The van der Waals surface area contributed by atoms with Crippen molar-refractivity contribution in [3.05, 3.63) is 0 Å². The van der Waals surface area contributed by atoms with E-state index in [-0.39, 0.29) is 25.5 Å². The van der Waals surface area contributed by atoms with Crippen LogP contribution in [0.2, 0.25) is 0 Å². The normalized spacial score (nSPS) is 18.1. The van der Waals surface area contributed by atoms with Crippen molar-refractivity contribution in [1.29, 1.82) is 0 Å². The van der Waals surface area contributed by atoms with E-state index in [9.17, 15) is 14.7 Å². The summed E-state index contributed by atoms with van der Waals surface area (Å²) in [5.74, 6) is -0.945. The average Bonchev–Trinajstić information content (AvgIpc) is 2.37. The van der Waals surface area contributed by atoms with Gasteiger partial charge in [-0.25, -0.2) is 5.01 Å². The molecule has 0 aliphatic carbocycles. The minimum atomic E-state index is -1.27. The van der Waals surface area contributed by atoms with Crippen LogP contribution in [0.3, 0.4) is 0 Å². The van der Waals surface area contributed by atoms with Crippen LogP contribution < -0.4 is 10.7 Å². The molecule has 7 heteroatoms. The SMILES string of the molecule is O=C(CNC(=O)C(O)CCO)NN1CCCCC1. The summed E-state index contributed by atoms with van der Waals surface area (Å²) in [4.78, 5) is 22.8. The fraction of sp³-hybridized carbons (Fsp3) is 0.818. The van der Waals surface area contributed by atoms with Crippen molar-refractivity contribution in [1.82, 2.24) is 15.8 Å². The molecule has 104 valence electrons. The van der Waals surface area contributed by atoms with Crippen molar-refractivity contribution in [2.75, 3.05) is 26.2 Å². The zero-order chi connectivity index (χ0) is 13.4. The van der Waals surface area contributed by atoms with Crippen molar-refractivity contribution in [2.45, 2.75) is 31.8 Å². The highest BCUT2D eigenvalue weighted by atomic mass is 16.3. The Balaban J connectivity index is 2.17. The highest BCUT2D eigenvalue weighted by molar-refractivity contribution is 5.86. The average molecular weight is 259 g/mol. The number of amides is 2. The Kier molecular flexibility index (Phi) is 6.63. The van der Waals surface area contributed by atoms with Gasteiger partial charge >= 0.3 is 0 Å². The molecule has 0 saturated carbocycles. The molecule has 1 rings (SSSR count). The second kappa shape index (κ2) is 8.02. The molecule has 1 heterocycles. The fourth-order valence-corrected chi connectivity index (χ4v) is 1.76. The molecule has 18 heavy (non-hydrogen) atoms. The van der Waals surface area contributed by atoms with Crippen LogP contribution in [0.25, 0.3) is 0 Å². The van der Waals surface area contributed by atoms with E-state index < -0.39 is 12.0 Å². The van der Waals surface area contributed by atoms with Gasteiger partial charge in [0, 0.05) is 26.1 Å². The molecule has 1 atom stereocenters. The van der Waals surface area contributed by atoms with Crippen LogP contribution >= 0.6 is 0 Å². The third-order valence-corrected chi connectivity index (χ3v) is 2.77. The van der Waals surface area contributed by atoms with Crippen LogP contribution in [0.5, 0.6) is 0 Å². The van der Waals surface area contributed by atoms with Crippen LogP contribution in [0.4, 0.5) is 0 Å². The molecule has 1 aliphatic heterocycles. The molecule has 0 bridgehead atoms. The molecule has 4 N–H and O–H groups in total. The number of carbonyl (C=O) groups excluding carboxylic acids is 2. The predicted octanol–water partition coefficient (Wildman–Crippen LogP) is -1.64. The molecule has 7 nitrogen and oxygen atoms in total. The van der Waals surface area contributed by atoms with E-state index in [0.29, 0.717) is 0 Å². The van der Waals surface area contributed by atoms with Gasteiger partial charge in [0.15, 0.2) is 0 Å². The van der Waals surface area contributed by atoms with Crippen LogP contribution in [0.1, 0.15) is 25.7 Å². The van der Waals surface area contributed by atoms with E-state index >= 15 is 0 Å². The maximum atomic E-state index is 11.5. The lowest BCUT2D eigenvalue weighted by Gasteiger charge is -2.26. The summed E-state index contributed by atoms with van der Waals surface area (Å²) in [6.45, 7) is 1.21. The lowest BCUT2D eigenvalue weighted by Crippen LogP contribution is -2.49. The first-order chi connectivity index (χ1) is 8.63. The number of carbonyl (C=O) groups is 2. The second-order valence-electron chi connectivity index (χ2n) is 4.33. The van der Waals surface area contributed by atoms with Gasteiger partial charge < -0.3 is 15.5 Å². The molecule has 0 aromatic carbocycles. The zero-order valence-corrected chi connectivity index (χ0v) is 10.4. The van der Waals surface area contributed by atoms with E-state index in [1.807, 2.05) is 5.01 Å². The Morgan fingerprint density at radius 3 is 2.50 bits per heavy atom. The summed E-state index contributed by atoms with van der Waals surface area (Å²) in [7, 11) is 0. The highest BCUT2D eigenvalue weighted by Crippen LogP contribution is 2.05. The second-order valence-corrected chi connectivity index (χ2v) is 4.33. The fourth-order valence-electron chi connectivity index (χ4n) is 1.76. The van der Waals surface area contributed by atoms with E-state index in [2.05, 4.69) is 10.7 Å². The van der Waals surface area contributed by atoms with Gasteiger partial charge in [-0.1, -0.05) is 6.42 Å². The number of hydrogen-bond acceptors (Lipinski definition) is 5. The first-order valence-corrected chi connectivity index (χ1v) is 6.24. The van der Waals surface area contributed by atoms with Crippen molar-refractivity contribution in [3.63, 3.8) is 0 Å². The Morgan fingerprint density at radius 2 is 1.89 bits per heavy atom. The van der Waals surface area contributed by atoms with Gasteiger partial charge in [0.05, 0.1) is 6.54 Å². The predicted molar refractivity (Wildman–Crippen MR) is 64.3 cm³/mol. The molecular formula is C11H21N3O4. The molecular weight excluding hydrogens is 238 g/mol. The Hall–Kier alpha value is -1.18. The van der Waals surface area contributed by atoms with Gasteiger partial charge in [0.2, 0.25) is 5.91 Å². The Bertz CT molecular complexity index is 279. The first kappa shape index (κ1) is 14.9. The number of nitrogens with one attached hydrogen (secondary N) is 2. The molecule has 2 amide bonds. The minimum Gasteiger partial charge on any atom is -0.396 e. The molecule has 1 aliphatic rings. The summed E-state index contributed by atoms with van der Waals surface area (Å²) in [6, 6.07) is 0. The zero-order valence-electron chi connectivity index (χ0n) is 10.4. The molecule has 0 aromatic heterocycles. The van der Waals surface area contributed by atoms with Crippen molar-refractivity contribution < 1.29 is 19.8 Å². The maximum Gasteiger partial charge on any atom is 0.253 e. The molecule has 1 saturated heterocycles. The lowest BCUT2D eigenvalue weighted by molar-refractivity contribution is -0.133. The quantitative estimate of drug-likeness (QED) is 0.458. The number of hydrogen-bond donors (Lipinski definition) is 4. The summed E-state index contributed by atoms with van der Waals surface area (Å²) < 4.78 is 0. The van der Waals surface area contributed by atoms with Gasteiger partial charge in [0.1, 0.15) is 6.10 Å². The molecule has 0 aromatic rings. The largest absolute Gasteiger partial charge is 0.396 e. The maximum absolute atomic E-state index is 11.5. The standard InChI is InChI=1S/C11H21N3O4/c15-7-4-9(16)11(18)12-8-10(17)13-14-5-2-1-3-6-14/h9,15-16H,1-8H2,(H,12,18)(H,13,17). The number of nitrogens with zero attached hydrogens (tertiary/aromatic N) is 1. The summed E-state index contributed by atoms with van der Waals surface area (Å²) in [6.07, 6.45) is 2.00. The summed E-state index contributed by atoms with van der Waals surface area (Å²) in [5.41, 5.74) is 2.69. The van der Waals surface area contributed by atoms with E-state index in [1.165, 1.54) is 6.42 Å². The highest BCUT2D eigenvalue weighted by Gasteiger charge is 2.16. The number of aliphatic hydroxyl groups excluding tert-OH is 2. The van der Waals surface area contributed by atoms with Crippen LogP contribution in [0.15, 0.2) is 0 Å². The van der Waals surface area contributed by atoms with Gasteiger partial charge in [-0.3, -0.25) is 15.0 Å². The molecule has 1 unspecified atom stereocenters. The van der Waals surface area contributed by atoms with Crippen LogP contribution in [0, 0.1) is 0 Å². The van der Waals surface area contributed by atoms with E-state index in [4.69, 9.17) is 5.11 Å². The van der Waals surface area contributed by atoms with Gasteiger partial charge in [0.25, 0.3) is 5.91 Å². The summed E-state index contributed by atoms with van der Waals surface area (Å²) >= 11 is 0. The van der Waals surface area contributed by atoms with E-state index in [0.717, 1.165) is 25.9 Å². The number of rotatable bonds is 6. The number of hydrazine groups is 1. The Labute approximate surface area is 106 Å². The Morgan fingerprint density at radius 1 is 1.22 bits per heavy atom. The van der Waals surface area contributed by atoms with Gasteiger partial charge in [-0.05, 0) is 12.8 Å². The van der Waals surface area contributed by atoms with E-state index in [1.54, 1.807) is 0 Å². The third-order valence-electron chi connectivity index (χ3n) is 2.77. The summed E-state index contributed by atoms with van der Waals surface area (Å²) in [5, 5.41) is 21.9. The van der Waals surface area contributed by atoms with Gasteiger partial charge in [-0.15, -0.1) is 0 Å². The number of aliphatic hydroxyl groups is 2. The smallest absolute Gasteiger partial charge is 0.253 e. The van der Waals surface area contributed by atoms with Crippen molar-refractivity contribution in [2.24, 2.45) is 0 Å². The van der Waals surface area contributed by atoms with Crippen LogP contribution in [-0.2, 0) is 9.59 Å². The molecule has 0 spiro atoms. The monoisotopic (exact) mass is 259 g/mol. The van der Waals surface area contributed by atoms with Crippen molar-refractivity contribution >= 4 is 11.8 Å². The topological polar surface area (TPSA) is 102 Å². The first-order valence-electron chi connectivity index (χ1n) is 6.24. The van der Waals surface area contributed by atoms with Crippen molar-refractivity contribution in [3.8, 4) is 0 Å². The van der Waals surface area contributed by atoms with Crippen LogP contribution in [-0.4, -0.2) is 59.4 Å².